The van der Waals surface area contributed by atoms with E-state index in [9.17, 15) is 4.79 Å². The number of likely N-dealkylation sites (tertiary alicyclic amines) is 1. The highest BCUT2D eigenvalue weighted by molar-refractivity contribution is 5.92. The first-order chi connectivity index (χ1) is 11.2. The van der Waals surface area contributed by atoms with Crippen molar-refractivity contribution in [2.45, 2.75) is 19.3 Å². The Kier molecular flexibility index (Phi) is 3.25. The van der Waals surface area contributed by atoms with E-state index in [1.165, 1.54) is 0 Å². The summed E-state index contributed by atoms with van der Waals surface area (Å²) in [5, 5.41) is 0. The van der Waals surface area contributed by atoms with Crippen LogP contribution in [0.15, 0.2) is 30.9 Å². The maximum atomic E-state index is 12.5. The van der Waals surface area contributed by atoms with E-state index in [0.29, 0.717) is 12.2 Å². The normalized spacial score (nSPS) is 17.8. The summed E-state index contributed by atoms with van der Waals surface area (Å²) < 4.78 is 0. The fraction of sp³-hybridized carbons (Fsp3) is 0.312. The van der Waals surface area contributed by atoms with Crippen LogP contribution in [0.25, 0.3) is 11.2 Å². The summed E-state index contributed by atoms with van der Waals surface area (Å²) in [4.78, 5) is 34.5. The number of amides is 1. The van der Waals surface area contributed by atoms with Gasteiger partial charge in [-0.05, 0) is 19.4 Å². The zero-order valence-corrected chi connectivity index (χ0v) is 12.7. The first-order valence-corrected chi connectivity index (χ1v) is 7.58. The molecule has 0 aliphatic carbocycles. The Morgan fingerprint density at radius 1 is 1.22 bits per heavy atom. The number of aromatic nitrogens is 5. The second-order valence-corrected chi connectivity index (χ2v) is 5.79. The highest BCUT2D eigenvalue weighted by Gasteiger charge is 2.29. The molecule has 1 amide bonds. The molecule has 0 aromatic carbocycles. The number of carbonyl (C=O) groups excluding carboxylic acids is 1. The Morgan fingerprint density at radius 3 is 2.87 bits per heavy atom. The van der Waals surface area contributed by atoms with Crippen LogP contribution in [-0.2, 0) is 0 Å². The smallest absolute Gasteiger partial charge is 0.274 e. The van der Waals surface area contributed by atoms with E-state index < -0.39 is 0 Å². The van der Waals surface area contributed by atoms with Crippen molar-refractivity contribution in [1.82, 2.24) is 29.8 Å². The van der Waals surface area contributed by atoms with Crippen molar-refractivity contribution in [1.29, 1.82) is 0 Å². The Hall–Kier alpha value is -2.83. The Balaban J connectivity index is 1.52. The summed E-state index contributed by atoms with van der Waals surface area (Å²) >= 11 is 0. The lowest BCUT2D eigenvalue weighted by molar-refractivity contribution is 0.0784. The number of nitrogens with zero attached hydrogens (tertiary/aromatic N) is 5. The summed E-state index contributed by atoms with van der Waals surface area (Å²) in [6.07, 6.45) is 7.43. The van der Waals surface area contributed by atoms with Crippen LogP contribution in [0.3, 0.4) is 0 Å². The molecule has 1 aliphatic rings. The van der Waals surface area contributed by atoms with Crippen molar-refractivity contribution in [3.05, 3.63) is 47.9 Å². The van der Waals surface area contributed by atoms with Crippen LogP contribution >= 0.6 is 0 Å². The SMILES string of the molecule is Cc1cnc(C(=O)N2CC[C@@H](c3cc4nccnc4[nH]3)C2)cn1. The van der Waals surface area contributed by atoms with Crippen LogP contribution in [0.2, 0.25) is 0 Å². The van der Waals surface area contributed by atoms with Gasteiger partial charge in [-0.1, -0.05) is 0 Å². The number of nitrogens with one attached hydrogen (secondary N) is 1. The summed E-state index contributed by atoms with van der Waals surface area (Å²) in [6.45, 7) is 3.24. The molecule has 0 saturated carbocycles. The largest absolute Gasteiger partial charge is 0.342 e. The molecule has 1 saturated heterocycles. The molecule has 3 aromatic heterocycles. The highest BCUT2D eigenvalue weighted by Crippen LogP contribution is 2.28. The van der Waals surface area contributed by atoms with E-state index in [1.807, 2.05) is 17.9 Å². The summed E-state index contributed by atoms with van der Waals surface area (Å²) in [5.74, 6) is 0.209. The van der Waals surface area contributed by atoms with Crippen molar-refractivity contribution < 1.29 is 4.79 Å². The second kappa shape index (κ2) is 5.42. The molecule has 1 fully saturated rings. The van der Waals surface area contributed by atoms with Crippen LogP contribution in [0.5, 0.6) is 0 Å². The molecule has 23 heavy (non-hydrogen) atoms. The van der Waals surface area contributed by atoms with Crippen LogP contribution in [-0.4, -0.2) is 48.8 Å². The number of carbonyl (C=O) groups is 1. The van der Waals surface area contributed by atoms with E-state index in [4.69, 9.17) is 0 Å². The lowest BCUT2D eigenvalue weighted by Crippen LogP contribution is -2.29. The van der Waals surface area contributed by atoms with Crippen LogP contribution in [0, 0.1) is 6.92 Å². The van der Waals surface area contributed by atoms with Crippen LogP contribution in [0.1, 0.15) is 34.2 Å². The Labute approximate surface area is 132 Å². The van der Waals surface area contributed by atoms with Gasteiger partial charge in [0.1, 0.15) is 11.2 Å². The first kappa shape index (κ1) is 13.8. The molecule has 0 bridgehead atoms. The first-order valence-electron chi connectivity index (χ1n) is 7.58. The molecule has 1 atom stereocenters. The van der Waals surface area contributed by atoms with Crippen LogP contribution in [0.4, 0.5) is 0 Å². The molecule has 7 nitrogen and oxygen atoms in total. The van der Waals surface area contributed by atoms with Gasteiger partial charge in [0, 0.05) is 43.3 Å². The average Bonchev–Trinajstić information content (AvgIpc) is 3.21. The van der Waals surface area contributed by atoms with E-state index >= 15 is 0 Å². The lowest BCUT2D eigenvalue weighted by Gasteiger charge is -2.15. The second-order valence-electron chi connectivity index (χ2n) is 5.79. The van der Waals surface area contributed by atoms with Gasteiger partial charge in [-0.3, -0.25) is 14.8 Å². The number of rotatable bonds is 2. The number of H-pyrrole nitrogens is 1. The molecule has 0 radical (unpaired) electrons. The van der Waals surface area contributed by atoms with E-state index in [2.05, 4.69) is 24.9 Å². The quantitative estimate of drug-likeness (QED) is 0.778. The van der Waals surface area contributed by atoms with Gasteiger partial charge >= 0.3 is 0 Å². The predicted octanol–water partition coefficient (Wildman–Crippen LogP) is 1.69. The van der Waals surface area contributed by atoms with Gasteiger partial charge in [-0.25, -0.2) is 9.97 Å². The average molecular weight is 308 g/mol. The van der Waals surface area contributed by atoms with Crippen molar-refractivity contribution in [2.24, 2.45) is 0 Å². The molecule has 1 aliphatic heterocycles. The lowest BCUT2D eigenvalue weighted by atomic mass is 10.1. The standard InChI is InChI=1S/C16H16N6O/c1-10-7-20-14(8-19-10)16(23)22-5-2-11(9-22)12-6-13-15(21-12)18-4-3-17-13/h3-4,6-8,11H,2,5,9H2,1H3,(H,18,21)/t11-/m1/s1. The van der Waals surface area contributed by atoms with Gasteiger partial charge in [-0.2, -0.15) is 0 Å². The number of fused-ring (bicyclic) bond motifs is 1. The monoisotopic (exact) mass is 308 g/mol. The third-order valence-corrected chi connectivity index (χ3v) is 4.20. The molecule has 116 valence electrons. The molecule has 0 unspecified atom stereocenters. The van der Waals surface area contributed by atoms with Gasteiger partial charge < -0.3 is 9.88 Å². The summed E-state index contributed by atoms with van der Waals surface area (Å²) in [7, 11) is 0. The molecule has 0 spiro atoms. The number of aryl methyl sites for hydroxylation is 1. The molecule has 4 rings (SSSR count). The molecular weight excluding hydrogens is 292 g/mol. The van der Waals surface area contributed by atoms with Gasteiger partial charge in [0.15, 0.2) is 5.65 Å². The van der Waals surface area contributed by atoms with Crippen LogP contribution < -0.4 is 0 Å². The zero-order valence-electron chi connectivity index (χ0n) is 12.7. The topological polar surface area (TPSA) is 87.7 Å². The van der Waals surface area contributed by atoms with E-state index in [1.54, 1.807) is 24.8 Å². The van der Waals surface area contributed by atoms with Crippen molar-refractivity contribution in [3.63, 3.8) is 0 Å². The fourth-order valence-electron chi connectivity index (χ4n) is 2.95. The van der Waals surface area contributed by atoms with E-state index in [-0.39, 0.29) is 11.8 Å². The zero-order chi connectivity index (χ0) is 15.8. The Bertz CT molecular complexity index is 823. The number of hydrogen-bond acceptors (Lipinski definition) is 5. The minimum absolute atomic E-state index is 0.0626. The maximum absolute atomic E-state index is 12.5. The maximum Gasteiger partial charge on any atom is 0.274 e. The van der Waals surface area contributed by atoms with Gasteiger partial charge in [0.05, 0.1) is 11.9 Å². The minimum Gasteiger partial charge on any atom is -0.342 e. The molecule has 4 heterocycles. The van der Waals surface area contributed by atoms with Crippen molar-refractivity contribution in [3.8, 4) is 0 Å². The molecular formula is C16H16N6O. The summed E-state index contributed by atoms with van der Waals surface area (Å²) in [6, 6.07) is 2.02. The Morgan fingerprint density at radius 2 is 2.09 bits per heavy atom. The van der Waals surface area contributed by atoms with Gasteiger partial charge in [0.25, 0.3) is 5.91 Å². The number of hydrogen-bond donors (Lipinski definition) is 1. The highest BCUT2D eigenvalue weighted by atomic mass is 16.2. The number of aromatic amines is 1. The minimum atomic E-state index is -0.0626. The summed E-state index contributed by atoms with van der Waals surface area (Å²) in [5.41, 5.74) is 3.93. The third kappa shape index (κ3) is 2.54. The van der Waals surface area contributed by atoms with Gasteiger partial charge in [-0.15, -0.1) is 0 Å². The van der Waals surface area contributed by atoms with Gasteiger partial charge in [0.2, 0.25) is 0 Å². The van der Waals surface area contributed by atoms with Crippen molar-refractivity contribution >= 4 is 17.1 Å². The third-order valence-electron chi connectivity index (χ3n) is 4.20. The molecule has 1 N–H and O–H groups in total. The van der Waals surface area contributed by atoms with Crippen molar-refractivity contribution in [2.75, 3.05) is 13.1 Å². The fourth-order valence-corrected chi connectivity index (χ4v) is 2.95. The molecule has 3 aromatic rings. The molecule has 7 heteroatoms. The predicted molar refractivity (Wildman–Crippen MR) is 83.9 cm³/mol. The van der Waals surface area contributed by atoms with E-state index in [0.717, 1.165) is 35.5 Å².